The van der Waals surface area contributed by atoms with E-state index in [9.17, 15) is 9.59 Å². The number of thiol groups is 1. The summed E-state index contributed by atoms with van der Waals surface area (Å²) in [4.78, 5) is 30.7. The van der Waals surface area contributed by atoms with E-state index in [1.54, 1.807) is 0 Å². The summed E-state index contributed by atoms with van der Waals surface area (Å²) in [5.74, 6) is 0.956. The number of fused-ring (bicyclic) bond motifs is 2. The van der Waals surface area contributed by atoms with E-state index in [4.69, 9.17) is 4.55 Å². The third kappa shape index (κ3) is 4.30. The number of benzene rings is 2. The fraction of sp³-hybridized carbons (Fsp3) is 0.462. The Labute approximate surface area is 196 Å². The van der Waals surface area contributed by atoms with Gasteiger partial charge in [0, 0.05) is 31.1 Å². The summed E-state index contributed by atoms with van der Waals surface area (Å²) < 4.78 is 6.69. The summed E-state index contributed by atoms with van der Waals surface area (Å²) in [5.41, 5.74) is 4.42. The highest BCUT2D eigenvalue weighted by molar-refractivity contribution is 7.74. The zero-order chi connectivity index (χ0) is 22.7. The maximum absolute atomic E-state index is 13.7. The molecule has 3 aliphatic rings. The number of nitrogens with zero attached hydrogens (tertiary/aromatic N) is 2. The van der Waals surface area contributed by atoms with Gasteiger partial charge in [-0.3, -0.25) is 9.59 Å². The fourth-order valence-corrected chi connectivity index (χ4v) is 5.68. The van der Waals surface area contributed by atoms with E-state index >= 15 is 0 Å². The lowest BCUT2D eigenvalue weighted by atomic mass is 9.78. The van der Waals surface area contributed by atoms with Gasteiger partial charge in [-0.2, -0.15) is 0 Å². The van der Waals surface area contributed by atoms with Crippen LogP contribution in [0.5, 0.6) is 0 Å². The minimum Gasteiger partial charge on any atom is -0.333 e. The predicted octanol–water partition coefficient (Wildman–Crippen LogP) is 4.98. The fourth-order valence-electron chi connectivity index (χ4n) is 5.68. The third-order valence-corrected chi connectivity index (χ3v) is 7.41. The first-order valence-electron chi connectivity index (χ1n) is 11.6. The Morgan fingerprint density at radius 3 is 2.47 bits per heavy atom. The molecular weight excluding hydrogens is 420 g/mol. The van der Waals surface area contributed by atoms with Gasteiger partial charge in [0.15, 0.2) is 0 Å². The number of hydrogen-bond donors (Lipinski definition) is 2. The van der Waals surface area contributed by atoms with Crippen molar-refractivity contribution in [1.29, 1.82) is 0 Å². The minimum absolute atomic E-state index is 0.0603. The monoisotopic (exact) mass is 452 g/mol. The van der Waals surface area contributed by atoms with Gasteiger partial charge in [0.25, 0.3) is 5.91 Å². The molecule has 1 N–H and O–H groups in total. The Morgan fingerprint density at radius 2 is 1.72 bits per heavy atom. The molecule has 0 radical (unpaired) electrons. The van der Waals surface area contributed by atoms with Crippen molar-refractivity contribution in [1.82, 2.24) is 9.80 Å². The van der Waals surface area contributed by atoms with E-state index in [0.29, 0.717) is 24.9 Å². The van der Waals surface area contributed by atoms with Gasteiger partial charge < -0.3 is 14.4 Å². The van der Waals surface area contributed by atoms with Crippen LogP contribution in [0.25, 0.3) is 0 Å². The van der Waals surface area contributed by atoms with Gasteiger partial charge in [-0.15, -0.1) is 0 Å². The van der Waals surface area contributed by atoms with Gasteiger partial charge in [0.1, 0.15) is 0 Å². The molecule has 2 amide bonds. The summed E-state index contributed by atoms with van der Waals surface area (Å²) in [7, 11) is 0. The molecule has 2 heterocycles. The Morgan fingerprint density at radius 1 is 1.03 bits per heavy atom. The van der Waals surface area contributed by atoms with E-state index in [0.717, 1.165) is 43.4 Å². The van der Waals surface area contributed by atoms with Crippen LogP contribution >= 0.6 is 12.9 Å². The van der Waals surface area contributed by atoms with Crippen molar-refractivity contribution in [3.8, 4) is 0 Å². The Kier molecular flexibility index (Phi) is 7.21. The normalized spacial score (nSPS) is 24.3. The molecule has 1 saturated carbocycles. The Balaban J connectivity index is 0.00000119. The molecule has 1 fully saturated rings. The molecule has 170 valence electrons. The number of rotatable bonds is 3. The molecule has 2 aromatic carbocycles. The van der Waals surface area contributed by atoms with Crippen LogP contribution in [0.1, 0.15) is 65.7 Å². The van der Waals surface area contributed by atoms with Crippen LogP contribution in [0, 0.1) is 11.8 Å². The van der Waals surface area contributed by atoms with Gasteiger partial charge in [-0.05, 0) is 60.8 Å². The van der Waals surface area contributed by atoms with Gasteiger partial charge >= 0.3 is 0 Å². The standard InChI is InChI=1S/C26H30N2O2.H2OS/c1-18-8-2-5-11-21(18)26(30)28-15-14-19-9-3-6-12-22(19)24(28)17-27-16-20-10-4-7-13-23(20)25(27)29;1-2/h3-4,6-7,9-10,12-13,18,21,24H,2,5,8,11,14-17H2,1H3;1-2H. The average molecular weight is 453 g/mol. The van der Waals surface area contributed by atoms with E-state index in [-0.39, 0.29) is 17.9 Å². The highest BCUT2D eigenvalue weighted by atomic mass is 32.1. The molecule has 0 spiro atoms. The van der Waals surface area contributed by atoms with E-state index in [1.165, 1.54) is 17.5 Å². The van der Waals surface area contributed by atoms with E-state index < -0.39 is 0 Å². The van der Waals surface area contributed by atoms with Crippen LogP contribution < -0.4 is 0 Å². The molecule has 0 aromatic heterocycles. The van der Waals surface area contributed by atoms with Crippen LogP contribution in [0.2, 0.25) is 0 Å². The lowest BCUT2D eigenvalue weighted by Gasteiger charge is -2.42. The van der Waals surface area contributed by atoms with Crippen molar-refractivity contribution in [2.45, 2.75) is 51.6 Å². The quantitative estimate of drug-likeness (QED) is 0.510. The average Bonchev–Trinajstić information content (AvgIpc) is 3.16. The minimum atomic E-state index is -0.0603. The summed E-state index contributed by atoms with van der Waals surface area (Å²) >= 11 is 2.53. The maximum Gasteiger partial charge on any atom is 0.254 e. The number of carbonyl (C=O) groups is 2. The molecular formula is C26H32N2O3S. The molecule has 3 unspecified atom stereocenters. The first-order valence-corrected chi connectivity index (χ1v) is 12.0. The van der Waals surface area contributed by atoms with Crippen molar-refractivity contribution >= 4 is 24.7 Å². The van der Waals surface area contributed by atoms with Gasteiger partial charge in [0.2, 0.25) is 5.91 Å². The lowest BCUT2D eigenvalue weighted by Crippen LogP contribution is -2.48. The first kappa shape index (κ1) is 22.9. The number of hydrogen-bond acceptors (Lipinski definition) is 4. The highest BCUT2D eigenvalue weighted by Gasteiger charge is 2.39. The van der Waals surface area contributed by atoms with Crippen molar-refractivity contribution in [3.63, 3.8) is 0 Å². The molecule has 2 aliphatic heterocycles. The van der Waals surface area contributed by atoms with Crippen molar-refractivity contribution in [2.75, 3.05) is 13.1 Å². The second-order valence-corrected chi connectivity index (χ2v) is 9.21. The zero-order valence-electron chi connectivity index (χ0n) is 18.6. The third-order valence-electron chi connectivity index (χ3n) is 7.41. The van der Waals surface area contributed by atoms with Crippen molar-refractivity contribution in [3.05, 3.63) is 70.8 Å². The largest absolute Gasteiger partial charge is 0.333 e. The molecule has 5 rings (SSSR count). The lowest BCUT2D eigenvalue weighted by molar-refractivity contribution is -0.141. The Hall–Kier alpha value is -2.31. The topological polar surface area (TPSA) is 60.9 Å². The molecule has 3 atom stereocenters. The summed E-state index contributed by atoms with van der Waals surface area (Å²) in [6.07, 6.45) is 5.42. The maximum atomic E-state index is 13.7. The molecule has 0 saturated heterocycles. The molecule has 5 nitrogen and oxygen atoms in total. The first-order chi connectivity index (χ1) is 15.6. The van der Waals surface area contributed by atoms with Crippen LogP contribution in [-0.2, 0) is 17.8 Å². The second-order valence-electron chi connectivity index (χ2n) is 9.21. The molecule has 0 bridgehead atoms. The molecule has 2 aromatic rings. The summed E-state index contributed by atoms with van der Waals surface area (Å²) in [6.45, 7) is 4.18. The Bertz CT molecular complexity index is 979. The van der Waals surface area contributed by atoms with Crippen LogP contribution in [0.3, 0.4) is 0 Å². The van der Waals surface area contributed by atoms with E-state index in [2.05, 4.69) is 49.0 Å². The van der Waals surface area contributed by atoms with Gasteiger partial charge in [0.05, 0.1) is 6.04 Å². The second kappa shape index (κ2) is 10.1. The zero-order valence-corrected chi connectivity index (χ0v) is 19.5. The summed E-state index contributed by atoms with van der Waals surface area (Å²) in [6, 6.07) is 16.3. The van der Waals surface area contributed by atoms with Gasteiger partial charge in [-0.25, -0.2) is 0 Å². The van der Waals surface area contributed by atoms with Gasteiger partial charge in [-0.1, -0.05) is 62.2 Å². The van der Waals surface area contributed by atoms with Crippen LogP contribution in [-0.4, -0.2) is 39.3 Å². The number of amides is 2. The van der Waals surface area contributed by atoms with Crippen LogP contribution in [0.15, 0.2) is 48.5 Å². The SMILES string of the molecule is CC1CCCCC1C(=O)N1CCc2ccccc2C1CN1Cc2ccccc2C1=O.OS. The molecule has 1 aliphatic carbocycles. The summed E-state index contributed by atoms with van der Waals surface area (Å²) in [5, 5.41) is 0. The van der Waals surface area contributed by atoms with Crippen molar-refractivity contribution in [2.24, 2.45) is 11.8 Å². The van der Waals surface area contributed by atoms with Crippen molar-refractivity contribution < 1.29 is 14.1 Å². The predicted molar refractivity (Wildman–Crippen MR) is 129 cm³/mol. The molecule has 6 heteroatoms. The smallest absolute Gasteiger partial charge is 0.254 e. The van der Waals surface area contributed by atoms with Crippen LogP contribution in [0.4, 0.5) is 0 Å². The molecule has 32 heavy (non-hydrogen) atoms. The number of carbonyl (C=O) groups excluding carboxylic acids is 2. The highest BCUT2D eigenvalue weighted by Crippen LogP contribution is 2.37. The van der Waals surface area contributed by atoms with E-state index in [1.807, 2.05) is 29.2 Å².